The second kappa shape index (κ2) is 7.39. The number of amides is 2. The average Bonchev–Trinajstić information content (AvgIpc) is 3.00. The highest BCUT2D eigenvalue weighted by molar-refractivity contribution is 5.93. The molecule has 0 aliphatic carbocycles. The van der Waals surface area contributed by atoms with E-state index in [0.717, 1.165) is 17.1 Å². The molecule has 1 aromatic carbocycles. The summed E-state index contributed by atoms with van der Waals surface area (Å²) >= 11 is 0. The maximum absolute atomic E-state index is 12.9. The van der Waals surface area contributed by atoms with Crippen LogP contribution in [0.1, 0.15) is 37.0 Å². The van der Waals surface area contributed by atoms with Crippen molar-refractivity contribution in [3.05, 3.63) is 41.7 Å². The van der Waals surface area contributed by atoms with Crippen LogP contribution in [0.5, 0.6) is 0 Å². The largest absolute Gasteiger partial charge is 0.364 e. The number of nitrogens with zero attached hydrogens (tertiary/aromatic N) is 4. The minimum Gasteiger partial charge on any atom is -0.364 e. The van der Waals surface area contributed by atoms with Gasteiger partial charge in [-0.25, -0.2) is 4.98 Å². The van der Waals surface area contributed by atoms with E-state index in [1.165, 1.54) is 0 Å². The fraction of sp³-hybridized carbons (Fsp3) is 0.476. The molecule has 7 nitrogen and oxygen atoms in total. The highest BCUT2D eigenvalue weighted by Crippen LogP contribution is 2.32. The number of nitrogens with two attached hydrogens (primary N) is 1. The van der Waals surface area contributed by atoms with Crippen molar-refractivity contribution in [2.24, 2.45) is 11.1 Å². The van der Waals surface area contributed by atoms with Gasteiger partial charge in [0.15, 0.2) is 5.69 Å². The van der Waals surface area contributed by atoms with E-state index in [1.807, 2.05) is 30.3 Å². The summed E-state index contributed by atoms with van der Waals surface area (Å²) in [6.45, 7) is 8.00. The second-order valence-electron chi connectivity index (χ2n) is 8.58. The van der Waals surface area contributed by atoms with E-state index in [1.54, 1.807) is 19.0 Å². The van der Waals surface area contributed by atoms with Gasteiger partial charge < -0.3 is 15.2 Å². The molecule has 28 heavy (non-hydrogen) atoms. The fourth-order valence-electron chi connectivity index (χ4n) is 3.93. The van der Waals surface area contributed by atoms with Gasteiger partial charge in [-0.05, 0) is 5.41 Å². The van der Waals surface area contributed by atoms with Crippen LogP contribution in [0.3, 0.4) is 0 Å². The zero-order valence-corrected chi connectivity index (χ0v) is 17.3. The predicted molar refractivity (Wildman–Crippen MR) is 109 cm³/mol. The minimum absolute atomic E-state index is 0.0596. The number of hydrogen-bond acceptors (Lipinski definition) is 4. The Morgan fingerprint density at radius 3 is 2.32 bits per heavy atom. The lowest BCUT2D eigenvalue weighted by Gasteiger charge is -2.42. The molecule has 1 aromatic heterocycles. The Bertz CT molecular complexity index is 880. The van der Waals surface area contributed by atoms with Gasteiger partial charge in [0, 0.05) is 39.3 Å². The summed E-state index contributed by atoms with van der Waals surface area (Å²) in [5.41, 5.74) is 7.39. The van der Waals surface area contributed by atoms with Crippen LogP contribution in [0.2, 0.25) is 0 Å². The molecule has 0 unspecified atom stereocenters. The van der Waals surface area contributed by atoms with Gasteiger partial charge in [-0.15, -0.1) is 0 Å². The standard InChI is InChI=1S/C21H29N5O2/c1-21(2,3)17(20(28)24(4)5)25-11-12-26-15(13-25)16(18(22)27)23-19(26)14-9-7-6-8-10-14/h6-10,17H,11-13H2,1-5H3,(H2,22,27)/t17-/m1/s1. The average molecular weight is 383 g/mol. The van der Waals surface area contributed by atoms with Gasteiger partial charge in [-0.2, -0.15) is 0 Å². The molecule has 1 aliphatic rings. The quantitative estimate of drug-likeness (QED) is 0.875. The number of aromatic nitrogens is 2. The third kappa shape index (κ3) is 3.67. The number of imidazole rings is 1. The number of rotatable bonds is 4. The summed E-state index contributed by atoms with van der Waals surface area (Å²) in [4.78, 5) is 33.3. The zero-order chi connectivity index (χ0) is 20.6. The molecule has 2 heterocycles. The van der Waals surface area contributed by atoms with Crippen LogP contribution < -0.4 is 5.73 Å². The first-order valence-corrected chi connectivity index (χ1v) is 9.51. The Morgan fingerprint density at radius 1 is 1.14 bits per heavy atom. The maximum Gasteiger partial charge on any atom is 0.269 e. The van der Waals surface area contributed by atoms with Gasteiger partial charge in [-0.1, -0.05) is 51.1 Å². The topological polar surface area (TPSA) is 84.5 Å². The van der Waals surface area contributed by atoms with E-state index in [4.69, 9.17) is 5.73 Å². The van der Waals surface area contributed by atoms with Crippen LogP contribution in [-0.2, 0) is 17.9 Å². The van der Waals surface area contributed by atoms with Crippen molar-refractivity contribution in [2.45, 2.75) is 39.9 Å². The molecule has 0 saturated carbocycles. The Labute approximate surface area is 166 Å². The van der Waals surface area contributed by atoms with Crippen LogP contribution in [0.15, 0.2) is 30.3 Å². The number of carbonyl (C=O) groups is 2. The highest BCUT2D eigenvalue weighted by atomic mass is 16.2. The molecular weight excluding hydrogens is 354 g/mol. The molecule has 0 saturated heterocycles. The van der Waals surface area contributed by atoms with Gasteiger partial charge in [0.25, 0.3) is 5.91 Å². The predicted octanol–water partition coefficient (Wildman–Crippen LogP) is 1.97. The lowest BCUT2D eigenvalue weighted by Crippen LogP contribution is -2.55. The Kier molecular flexibility index (Phi) is 5.30. The molecule has 2 aromatic rings. The first-order chi connectivity index (χ1) is 13.1. The monoisotopic (exact) mass is 383 g/mol. The van der Waals surface area contributed by atoms with Crippen molar-refractivity contribution in [2.75, 3.05) is 20.6 Å². The van der Waals surface area contributed by atoms with Gasteiger partial charge >= 0.3 is 0 Å². The number of primary amides is 1. The van der Waals surface area contributed by atoms with Crippen LogP contribution in [0, 0.1) is 5.41 Å². The first kappa shape index (κ1) is 20.1. The Hall–Kier alpha value is -2.67. The number of fused-ring (bicyclic) bond motifs is 1. The van der Waals surface area contributed by atoms with E-state index in [2.05, 4.69) is 35.2 Å². The van der Waals surface area contributed by atoms with Crippen molar-refractivity contribution < 1.29 is 9.59 Å². The van der Waals surface area contributed by atoms with Crippen LogP contribution >= 0.6 is 0 Å². The number of likely N-dealkylation sites (N-methyl/N-ethyl adjacent to an activating group) is 1. The molecule has 7 heteroatoms. The lowest BCUT2D eigenvalue weighted by atomic mass is 9.84. The van der Waals surface area contributed by atoms with E-state index >= 15 is 0 Å². The van der Waals surface area contributed by atoms with Gasteiger partial charge in [0.05, 0.1) is 11.7 Å². The van der Waals surface area contributed by atoms with E-state index in [9.17, 15) is 9.59 Å². The molecule has 2 amide bonds. The van der Waals surface area contributed by atoms with Crippen molar-refractivity contribution >= 4 is 11.8 Å². The molecule has 0 bridgehead atoms. The van der Waals surface area contributed by atoms with Gasteiger partial charge in [-0.3, -0.25) is 14.5 Å². The SMILES string of the molecule is CN(C)C(=O)[C@@H](N1CCn2c(-c3ccccc3)nc(C(N)=O)c2C1)C(C)(C)C. The normalized spacial score (nSPS) is 15.8. The summed E-state index contributed by atoms with van der Waals surface area (Å²) in [6, 6.07) is 9.48. The van der Waals surface area contributed by atoms with Crippen LogP contribution in [-0.4, -0.2) is 57.8 Å². The minimum atomic E-state index is -0.543. The number of carbonyl (C=O) groups excluding carboxylic acids is 2. The van der Waals surface area contributed by atoms with E-state index in [0.29, 0.717) is 19.6 Å². The van der Waals surface area contributed by atoms with Crippen molar-refractivity contribution in [1.82, 2.24) is 19.4 Å². The molecule has 150 valence electrons. The summed E-state index contributed by atoms with van der Waals surface area (Å²) in [5, 5.41) is 0. The highest BCUT2D eigenvalue weighted by Gasteiger charge is 2.40. The molecule has 1 aliphatic heterocycles. The van der Waals surface area contributed by atoms with Crippen molar-refractivity contribution in [3.63, 3.8) is 0 Å². The molecule has 0 fully saturated rings. The summed E-state index contributed by atoms with van der Waals surface area (Å²) in [7, 11) is 3.55. The maximum atomic E-state index is 12.9. The molecular formula is C21H29N5O2. The fourth-order valence-corrected chi connectivity index (χ4v) is 3.93. The summed E-state index contributed by atoms with van der Waals surface area (Å²) in [6.07, 6.45) is 0. The Morgan fingerprint density at radius 2 is 1.79 bits per heavy atom. The first-order valence-electron chi connectivity index (χ1n) is 9.51. The molecule has 2 N–H and O–H groups in total. The van der Waals surface area contributed by atoms with Gasteiger partial charge in [0.2, 0.25) is 5.91 Å². The lowest BCUT2D eigenvalue weighted by molar-refractivity contribution is -0.139. The number of hydrogen-bond donors (Lipinski definition) is 1. The van der Waals surface area contributed by atoms with Crippen molar-refractivity contribution in [1.29, 1.82) is 0 Å². The van der Waals surface area contributed by atoms with Crippen molar-refractivity contribution in [3.8, 4) is 11.4 Å². The molecule has 0 radical (unpaired) electrons. The molecule has 3 rings (SSSR count). The third-order valence-electron chi connectivity index (χ3n) is 5.16. The smallest absolute Gasteiger partial charge is 0.269 e. The van der Waals surface area contributed by atoms with E-state index < -0.39 is 5.91 Å². The van der Waals surface area contributed by atoms with E-state index in [-0.39, 0.29) is 23.1 Å². The third-order valence-corrected chi connectivity index (χ3v) is 5.16. The molecule has 1 atom stereocenters. The number of benzene rings is 1. The zero-order valence-electron chi connectivity index (χ0n) is 17.3. The van der Waals surface area contributed by atoms with Gasteiger partial charge in [0.1, 0.15) is 5.82 Å². The second-order valence-corrected chi connectivity index (χ2v) is 8.58. The van der Waals surface area contributed by atoms with Crippen LogP contribution in [0.25, 0.3) is 11.4 Å². The molecule has 0 spiro atoms. The van der Waals surface area contributed by atoms with Crippen LogP contribution in [0.4, 0.5) is 0 Å². The Balaban J connectivity index is 2.04. The summed E-state index contributed by atoms with van der Waals surface area (Å²) in [5.74, 6) is 0.263. The summed E-state index contributed by atoms with van der Waals surface area (Å²) < 4.78 is 2.06.